The minimum absolute atomic E-state index is 0.000335. The number of alkyl halides is 3. The van der Waals surface area contributed by atoms with Crippen molar-refractivity contribution < 1.29 is 35.5 Å². The van der Waals surface area contributed by atoms with Crippen LogP contribution in [0.2, 0.25) is 0 Å². The first-order chi connectivity index (χ1) is 16.0. The van der Waals surface area contributed by atoms with Crippen LogP contribution in [0.4, 0.5) is 22.4 Å². The number of sulfonamides is 1. The fraction of sp³-hybridized carbons (Fsp3) is 0.409. The summed E-state index contributed by atoms with van der Waals surface area (Å²) in [5.41, 5.74) is 1.50. The number of ether oxygens (including phenoxy) is 1. The Bertz CT molecular complexity index is 1190. The number of nitrogens with zero attached hydrogens (tertiary/aromatic N) is 2. The third-order valence-electron chi connectivity index (χ3n) is 5.97. The van der Waals surface area contributed by atoms with Crippen molar-refractivity contribution in [3.63, 3.8) is 0 Å². The van der Waals surface area contributed by atoms with E-state index in [1.807, 2.05) is 0 Å². The van der Waals surface area contributed by atoms with Crippen molar-refractivity contribution in [2.24, 2.45) is 0 Å². The minimum Gasteiger partial charge on any atom is -0.488 e. The molecule has 0 saturated carbocycles. The molecule has 12 heteroatoms. The molecule has 0 radical (unpaired) electrons. The highest BCUT2D eigenvalue weighted by Gasteiger charge is 2.57. The molecule has 2 aromatic carbocycles. The molecule has 184 valence electrons. The van der Waals surface area contributed by atoms with Crippen molar-refractivity contribution in [1.29, 1.82) is 0 Å². The number of fused-ring (bicyclic) bond motifs is 5. The summed E-state index contributed by atoms with van der Waals surface area (Å²) in [6, 6.07) is 5.06. The van der Waals surface area contributed by atoms with Crippen molar-refractivity contribution in [3.05, 3.63) is 53.8 Å². The Balaban J connectivity index is 1.81. The largest absolute Gasteiger partial charge is 0.488 e. The number of rotatable bonds is 3. The van der Waals surface area contributed by atoms with Gasteiger partial charge in [-0.2, -0.15) is 0 Å². The SMILES string of the molecule is CN1CCOc2c(F)cccc2-c2cccc(c2)C[C@H]2C(NS(=O)(=O)CF)C(F)(F)CN2C1=O. The molecule has 34 heavy (non-hydrogen) atoms. The number of hydrogen-bond donors (Lipinski definition) is 1. The summed E-state index contributed by atoms with van der Waals surface area (Å²) in [6.07, 6.45) is -0.145. The van der Waals surface area contributed by atoms with Crippen LogP contribution in [0, 0.1) is 5.82 Å². The lowest BCUT2D eigenvalue weighted by atomic mass is 9.96. The van der Waals surface area contributed by atoms with E-state index in [0.29, 0.717) is 16.7 Å². The van der Waals surface area contributed by atoms with Crippen LogP contribution in [0.1, 0.15) is 5.56 Å². The molecule has 0 aromatic heterocycles. The number of amides is 2. The number of carbonyl (C=O) groups is 1. The lowest BCUT2D eigenvalue weighted by molar-refractivity contribution is -0.00518. The van der Waals surface area contributed by atoms with Crippen molar-refractivity contribution in [1.82, 2.24) is 14.5 Å². The molecule has 2 aliphatic rings. The van der Waals surface area contributed by atoms with E-state index in [-0.39, 0.29) is 25.3 Å². The molecular weight excluding hydrogens is 478 g/mol. The van der Waals surface area contributed by atoms with Gasteiger partial charge in [0.1, 0.15) is 12.6 Å². The molecule has 0 aliphatic carbocycles. The zero-order valence-corrected chi connectivity index (χ0v) is 19.0. The molecule has 4 rings (SSSR count). The predicted molar refractivity (Wildman–Crippen MR) is 116 cm³/mol. The van der Waals surface area contributed by atoms with E-state index in [0.717, 1.165) is 9.80 Å². The van der Waals surface area contributed by atoms with Crippen molar-refractivity contribution in [2.45, 2.75) is 24.4 Å². The summed E-state index contributed by atoms with van der Waals surface area (Å²) >= 11 is 0. The third-order valence-corrected chi connectivity index (χ3v) is 6.87. The highest BCUT2D eigenvalue weighted by Crippen LogP contribution is 2.37. The highest BCUT2D eigenvalue weighted by atomic mass is 32.2. The molecule has 7 nitrogen and oxygen atoms in total. The van der Waals surface area contributed by atoms with Gasteiger partial charge in [0, 0.05) is 12.6 Å². The molecule has 1 fully saturated rings. The molecule has 2 amide bonds. The third kappa shape index (κ3) is 4.69. The van der Waals surface area contributed by atoms with Crippen molar-refractivity contribution in [2.75, 3.05) is 32.8 Å². The summed E-state index contributed by atoms with van der Waals surface area (Å²) in [4.78, 5) is 15.1. The summed E-state index contributed by atoms with van der Waals surface area (Å²) in [6.45, 7) is -1.20. The molecule has 2 aliphatic heterocycles. The minimum atomic E-state index is -4.64. The Hall–Kier alpha value is -2.86. The van der Waals surface area contributed by atoms with Crippen LogP contribution in [0.15, 0.2) is 42.5 Å². The lowest BCUT2D eigenvalue weighted by Gasteiger charge is -2.31. The Labute approximate surface area is 194 Å². The molecule has 2 heterocycles. The number of likely N-dealkylation sites (N-methyl/N-ethyl adjacent to an activating group) is 1. The number of carbonyl (C=O) groups excluding carboxylic acids is 1. The van der Waals surface area contributed by atoms with E-state index >= 15 is 0 Å². The van der Waals surface area contributed by atoms with Gasteiger partial charge in [-0.15, -0.1) is 0 Å². The highest BCUT2D eigenvalue weighted by molar-refractivity contribution is 7.89. The van der Waals surface area contributed by atoms with E-state index in [1.165, 1.54) is 19.2 Å². The molecule has 0 spiro atoms. The summed E-state index contributed by atoms with van der Waals surface area (Å²) < 4.78 is 88.5. The van der Waals surface area contributed by atoms with Crippen LogP contribution in [0.5, 0.6) is 5.75 Å². The van der Waals surface area contributed by atoms with Crippen LogP contribution in [0.3, 0.4) is 0 Å². The van der Waals surface area contributed by atoms with Gasteiger partial charge in [0.2, 0.25) is 16.0 Å². The molecule has 1 saturated heterocycles. The zero-order valence-electron chi connectivity index (χ0n) is 18.2. The number of urea groups is 1. The molecule has 1 N–H and O–H groups in total. The second kappa shape index (κ2) is 9.06. The number of para-hydroxylation sites is 1. The van der Waals surface area contributed by atoms with Crippen LogP contribution in [-0.2, 0) is 16.4 Å². The average molecular weight is 502 g/mol. The van der Waals surface area contributed by atoms with Gasteiger partial charge >= 0.3 is 6.03 Å². The Morgan fingerprint density at radius 1 is 1.21 bits per heavy atom. The maximum absolute atomic E-state index is 15.0. The Morgan fingerprint density at radius 3 is 2.68 bits per heavy atom. The van der Waals surface area contributed by atoms with Gasteiger partial charge in [0.05, 0.1) is 19.1 Å². The van der Waals surface area contributed by atoms with Gasteiger partial charge in [-0.3, -0.25) is 0 Å². The van der Waals surface area contributed by atoms with Gasteiger partial charge < -0.3 is 14.5 Å². The van der Waals surface area contributed by atoms with E-state index in [9.17, 15) is 30.8 Å². The second-order valence-electron chi connectivity index (χ2n) is 8.35. The lowest BCUT2D eigenvalue weighted by Crippen LogP contribution is -2.53. The number of halogens is 4. The smallest absolute Gasteiger partial charge is 0.320 e. The number of benzene rings is 2. The van der Waals surface area contributed by atoms with Gasteiger partial charge in [-0.1, -0.05) is 36.4 Å². The van der Waals surface area contributed by atoms with Crippen LogP contribution in [-0.4, -0.2) is 75.0 Å². The van der Waals surface area contributed by atoms with Crippen LogP contribution in [0.25, 0.3) is 11.1 Å². The fourth-order valence-electron chi connectivity index (χ4n) is 4.32. The molecule has 1 unspecified atom stereocenters. The zero-order chi connectivity index (χ0) is 24.7. The number of nitrogens with one attached hydrogen (secondary N) is 1. The topological polar surface area (TPSA) is 79.0 Å². The monoisotopic (exact) mass is 501 g/mol. The summed E-state index contributed by atoms with van der Waals surface area (Å²) in [7, 11) is -3.26. The van der Waals surface area contributed by atoms with Crippen molar-refractivity contribution in [3.8, 4) is 16.9 Å². The van der Waals surface area contributed by atoms with E-state index in [4.69, 9.17) is 4.74 Å². The number of hydrogen-bond acceptors (Lipinski definition) is 4. The first kappa shape index (κ1) is 24.3. The summed E-state index contributed by atoms with van der Waals surface area (Å²) in [5, 5.41) is 0. The average Bonchev–Trinajstić information content (AvgIpc) is 3.03. The second-order valence-corrected chi connectivity index (χ2v) is 10.0. The quantitative estimate of drug-likeness (QED) is 0.656. The predicted octanol–water partition coefficient (Wildman–Crippen LogP) is 3.01. The maximum Gasteiger partial charge on any atom is 0.320 e. The normalized spacial score (nSPS) is 22.7. The first-order valence-electron chi connectivity index (χ1n) is 10.5. The molecule has 2 atom stereocenters. The summed E-state index contributed by atoms with van der Waals surface area (Å²) in [5.74, 6) is -4.22. The fourth-order valence-corrected chi connectivity index (χ4v) is 5.10. The van der Waals surface area contributed by atoms with Crippen molar-refractivity contribution >= 4 is 16.1 Å². The van der Waals surface area contributed by atoms with Gasteiger partial charge in [0.25, 0.3) is 5.92 Å². The van der Waals surface area contributed by atoms with E-state index in [2.05, 4.69) is 0 Å². The van der Waals surface area contributed by atoms with Crippen LogP contribution >= 0.6 is 0 Å². The first-order valence-corrected chi connectivity index (χ1v) is 12.1. The standard InChI is InChI=1S/C22H23F4N3O4S/c1-28-8-9-33-19-16(6-3-7-17(19)24)15-5-2-4-14(10-15)11-18-20(27-34(31,32)13-23)22(25,26)12-29(18)21(28)30/h2-7,10,18,20,27H,8-9,11-13H2,1H3/t18-,20?/m0/s1. The Morgan fingerprint density at radius 2 is 1.94 bits per heavy atom. The van der Waals surface area contributed by atoms with E-state index < -0.39 is 52.4 Å². The van der Waals surface area contributed by atoms with Crippen LogP contribution < -0.4 is 9.46 Å². The molecule has 2 bridgehead atoms. The van der Waals surface area contributed by atoms with Gasteiger partial charge in [-0.25, -0.2) is 35.5 Å². The van der Waals surface area contributed by atoms with E-state index in [1.54, 1.807) is 35.1 Å². The van der Waals surface area contributed by atoms with Gasteiger partial charge in [-0.05, 0) is 23.6 Å². The molecule has 2 aromatic rings. The Kier molecular flexibility index (Phi) is 6.47. The van der Waals surface area contributed by atoms with Gasteiger partial charge in [0.15, 0.2) is 11.6 Å². The molecular formula is C22H23F4N3O4S. The maximum atomic E-state index is 15.0.